The summed E-state index contributed by atoms with van der Waals surface area (Å²) in [6.45, 7) is 5.01. The molecule has 1 aliphatic heterocycles. The minimum atomic E-state index is -1.63. The van der Waals surface area contributed by atoms with Gasteiger partial charge in [-0.2, -0.15) is 0 Å². The highest BCUT2D eigenvalue weighted by Crippen LogP contribution is 2.46. The maximum Gasteiger partial charge on any atom is 0.321 e. The Balaban J connectivity index is 1.70. The number of hydrogen-bond acceptors (Lipinski definition) is 10. The lowest BCUT2D eigenvalue weighted by Crippen LogP contribution is -2.50. The molecule has 1 aromatic heterocycles. The number of rotatable bonds is 12. The fourth-order valence-corrected chi connectivity index (χ4v) is 5.87. The summed E-state index contributed by atoms with van der Waals surface area (Å²) < 4.78 is 10.6. The molecular formula is C32H33N5O8. The van der Waals surface area contributed by atoms with E-state index in [2.05, 4.69) is 10.3 Å². The number of fused-ring (bicyclic) bond motifs is 1. The van der Waals surface area contributed by atoms with Crippen molar-refractivity contribution < 1.29 is 33.6 Å². The van der Waals surface area contributed by atoms with E-state index >= 15 is 0 Å². The molecule has 45 heavy (non-hydrogen) atoms. The Morgan fingerprint density at radius 2 is 1.67 bits per heavy atom. The van der Waals surface area contributed by atoms with Crippen LogP contribution >= 0.6 is 0 Å². The predicted octanol–water partition coefficient (Wildman–Crippen LogP) is 3.70. The highest BCUT2D eigenvalue weighted by molar-refractivity contribution is 6.01. The number of amides is 1. The molecule has 1 amide bonds. The van der Waals surface area contributed by atoms with Crippen LogP contribution in [0, 0.1) is 27.9 Å². The van der Waals surface area contributed by atoms with E-state index in [4.69, 9.17) is 14.3 Å². The average molecular weight is 616 g/mol. The van der Waals surface area contributed by atoms with Crippen molar-refractivity contribution in [3.63, 3.8) is 0 Å². The number of ether oxygens (including phenoxy) is 2. The van der Waals surface area contributed by atoms with Crippen LogP contribution in [0.2, 0.25) is 0 Å². The van der Waals surface area contributed by atoms with Crippen molar-refractivity contribution in [2.75, 3.05) is 19.8 Å². The smallest absolute Gasteiger partial charge is 0.321 e. The second-order valence-corrected chi connectivity index (χ2v) is 10.8. The van der Waals surface area contributed by atoms with Gasteiger partial charge < -0.3 is 19.2 Å². The zero-order chi connectivity index (χ0) is 32.1. The molecule has 0 N–H and O–H groups in total. The molecule has 1 saturated heterocycles. The van der Waals surface area contributed by atoms with Gasteiger partial charge in [0.25, 0.3) is 5.69 Å². The lowest BCUT2D eigenvalue weighted by Gasteiger charge is -2.38. The number of non-ortho nitro benzene ring substituents is 1. The molecule has 4 aromatic rings. The number of carbonyl (C=O) groups excluding carboxylic acids is 3. The molecule has 234 valence electrons. The van der Waals surface area contributed by atoms with Crippen LogP contribution in [0.3, 0.4) is 0 Å². The number of aromatic nitrogens is 3. The molecule has 1 fully saturated rings. The van der Waals surface area contributed by atoms with Crippen molar-refractivity contribution in [1.82, 2.24) is 20.1 Å². The standard InChI is InChI=1S/C32H33N5O8/c1-4-43-30(39)28(31(40)44-5-2)27-24(20-35(29(27)38)19-21-12-7-6-8-13-21)32(3,22-14-11-15-23(18-22)37(41)42)45-36-26-17-10-9-16-25(26)33-34-36/h6-18,24,27-28H,4-5,19-20H2,1-3H3/t24-,27-,32-/m1/s1. The summed E-state index contributed by atoms with van der Waals surface area (Å²) in [7, 11) is 0. The number of nitro groups is 1. The highest BCUT2D eigenvalue weighted by atomic mass is 16.7. The third-order valence-electron chi connectivity index (χ3n) is 8.04. The van der Waals surface area contributed by atoms with Gasteiger partial charge in [-0.25, -0.2) is 0 Å². The van der Waals surface area contributed by atoms with E-state index in [0.29, 0.717) is 16.6 Å². The molecule has 1 aliphatic rings. The van der Waals surface area contributed by atoms with E-state index in [0.717, 1.165) is 5.56 Å². The Labute approximate surface area is 258 Å². The number of para-hydroxylation sites is 1. The summed E-state index contributed by atoms with van der Waals surface area (Å²) in [6.07, 6.45) is 0. The van der Waals surface area contributed by atoms with Gasteiger partial charge in [-0.15, -0.1) is 5.10 Å². The van der Waals surface area contributed by atoms with Gasteiger partial charge in [0, 0.05) is 36.7 Å². The lowest BCUT2D eigenvalue weighted by atomic mass is 9.72. The quantitative estimate of drug-likeness (QED) is 0.0997. The van der Waals surface area contributed by atoms with Gasteiger partial charge in [0.05, 0.1) is 24.1 Å². The van der Waals surface area contributed by atoms with Crippen molar-refractivity contribution in [2.24, 2.45) is 17.8 Å². The zero-order valence-electron chi connectivity index (χ0n) is 25.1. The van der Waals surface area contributed by atoms with Crippen molar-refractivity contribution in [3.05, 3.63) is 100 Å². The second kappa shape index (κ2) is 13.1. The maximum absolute atomic E-state index is 14.4. The van der Waals surface area contributed by atoms with Crippen LogP contribution in [0.25, 0.3) is 11.0 Å². The van der Waals surface area contributed by atoms with E-state index in [1.807, 2.05) is 30.3 Å². The summed E-state index contributed by atoms with van der Waals surface area (Å²) in [5.41, 5.74) is 0.399. The van der Waals surface area contributed by atoms with Crippen LogP contribution in [0.4, 0.5) is 5.69 Å². The van der Waals surface area contributed by atoms with Gasteiger partial charge in [0.15, 0.2) is 11.5 Å². The molecule has 3 atom stereocenters. The molecule has 0 spiro atoms. The van der Waals surface area contributed by atoms with Gasteiger partial charge in [0.1, 0.15) is 11.0 Å². The summed E-state index contributed by atoms with van der Waals surface area (Å²) in [5.74, 6) is -6.18. The minimum Gasteiger partial charge on any atom is -0.465 e. The molecule has 5 rings (SSSR count). The van der Waals surface area contributed by atoms with Gasteiger partial charge in [-0.3, -0.25) is 24.5 Å². The highest BCUT2D eigenvalue weighted by Gasteiger charge is 2.59. The first-order chi connectivity index (χ1) is 21.7. The van der Waals surface area contributed by atoms with Crippen LogP contribution in [-0.4, -0.2) is 62.6 Å². The fraction of sp³-hybridized carbons (Fsp3) is 0.344. The number of hydrogen-bond donors (Lipinski definition) is 0. The van der Waals surface area contributed by atoms with Gasteiger partial charge in [0.2, 0.25) is 5.91 Å². The molecule has 0 saturated carbocycles. The molecule has 2 heterocycles. The van der Waals surface area contributed by atoms with Crippen molar-refractivity contribution in [1.29, 1.82) is 0 Å². The first kappa shape index (κ1) is 31.1. The minimum absolute atomic E-state index is 0.0273. The largest absolute Gasteiger partial charge is 0.465 e. The van der Waals surface area contributed by atoms with E-state index in [9.17, 15) is 24.5 Å². The van der Waals surface area contributed by atoms with Crippen LogP contribution in [0.15, 0.2) is 78.9 Å². The summed E-state index contributed by atoms with van der Waals surface area (Å²) >= 11 is 0. The van der Waals surface area contributed by atoms with Crippen LogP contribution < -0.4 is 4.84 Å². The van der Waals surface area contributed by atoms with Crippen molar-refractivity contribution >= 4 is 34.6 Å². The third-order valence-corrected chi connectivity index (χ3v) is 8.04. The van der Waals surface area contributed by atoms with Crippen LogP contribution in [-0.2, 0) is 36.0 Å². The summed E-state index contributed by atoms with van der Waals surface area (Å²) in [4.78, 5) is 61.9. The Hall–Kier alpha value is -5.33. The molecule has 0 radical (unpaired) electrons. The summed E-state index contributed by atoms with van der Waals surface area (Å²) in [6, 6.07) is 22.2. The van der Waals surface area contributed by atoms with Gasteiger partial charge >= 0.3 is 11.9 Å². The number of likely N-dealkylation sites (tertiary alicyclic amines) is 1. The molecule has 0 bridgehead atoms. The summed E-state index contributed by atoms with van der Waals surface area (Å²) in [5, 5.41) is 20.2. The first-order valence-electron chi connectivity index (χ1n) is 14.6. The van der Waals surface area contributed by atoms with Crippen LogP contribution in [0.1, 0.15) is 31.9 Å². The monoisotopic (exact) mass is 615 g/mol. The third kappa shape index (κ3) is 6.19. The van der Waals surface area contributed by atoms with E-state index in [1.165, 1.54) is 23.0 Å². The maximum atomic E-state index is 14.4. The Morgan fingerprint density at radius 1 is 1.00 bits per heavy atom. The molecular weight excluding hydrogens is 582 g/mol. The molecule has 0 unspecified atom stereocenters. The predicted molar refractivity (Wildman–Crippen MR) is 160 cm³/mol. The second-order valence-electron chi connectivity index (χ2n) is 10.8. The molecule has 13 heteroatoms. The van der Waals surface area contributed by atoms with E-state index in [-0.39, 0.29) is 32.0 Å². The molecule has 3 aromatic carbocycles. The zero-order valence-corrected chi connectivity index (χ0v) is 25.1. The fourth-order valence-electron chi connectivity index (χ4n) is 5.87. The van der Waals surface area contributed by atoms with Crippen molar-refractivity contribution in [3.8, 4) is 0 Å². The molecule has 13 nitrogen and oxygen atoms in total. The number of esters is 2. The van der Waals surface area contributed by atoms with Gasteiger partial charge in [-0.1, -0.05) is 59.4 Å². The van der Waals surface area contributed by atoms with E-state index < -0.39 is 46.1 Å². The Kier molecular flexibility index (Phi) is 9.07. The van der Waals surface area contributed by atoms with Gasteiger partial charge in [-0.05, 0) is 43.7 Å². The number of nitro benzene ring substituents is 1. The number of carbonyl (C=O) groups is 3. The number of benzene rings is 3. The first-order valence-corrected chi connectivity index (χ1v) is 14.6. The Bertz CT molecular complexity index is 1690. The van der Waals surface area contributed by atoms with Crippen molar-refractivity contribution in [2.45, 2.75) is 32.9 Å². The normalized spacial score (nSPS) is 17.7. The Morgan fingerprint density at radius 3 is 2.33 bits per heavy atom. The van der Waals surface area contributed by atoms with Crippen LogP contribution in [0.5, 0.6) is 0 Å². The lowest BCUT2D eigenvalue weighted by molar-refractivity contribution is -0.385. The topological polar surface area (TPSA) is 156 Å². The average Bonchev–Trinajstić information content (AvgIpc) is 3.59. The number of nitrogens with zero attached hydrogens (tertiary/aromatic N) is 5. The van der Waals surface area contributed by atoms with E-state index in [1.54, 1.807) is 56.0 Å². The molecule has 0 aliphatic carbocycles. The SMILES string of the molecule is CCOC(=O)C(C(=O)OCC)[C@@H]1C(=O)N(Cc2ccccc2)C[C@H]1[C@](C)(On1nnc2ccccc21)c1cccc([N+](=O)[O-])c1.